The Morgan fingerprint density at radius 2 is 1.89 bits per heavy atom. The number of aromatic nitrogens is 1. The van der Waals surface area contributed by atoms with Gasteiger partial charge in [-0.05, 0) is 31.2 Å². The lowest BCUT2D eigenvalue weighted by Crippen LogP contribution is -2.00. The third-order valence-corrected chi connectivity index (χ3v) is 3.42. The number of esters is 1. The molecule has 0 saturated heterocycles. The second-order valence-electron chi connectivity index (χ2n) is 3.63. The average Bonchev–Trinajstić information content (AvgIpc) is 2.80. The van der Waals surface area contributed by atoms with Gasteiger partial charge in [-0.1, -0.05) is 0 Å². The summed E-state index contributed by atoms with van der Waals surface area (Å²) in [6, 6.07) is 7.43. The van der Waals surface area contributed by atoms with Crippen LogP contribution in [0.2, 0.25) is 0 Å². The minimum Gasteiger partial charge on any atom is -0.497 e. The molecule has 0 saturated carbocycles. The van der Waals surface area contributed by atoms with Crippen molar-refractivity contribution in [3.63, 3.8) is 0 Å². The molecule has 0 aliphatic carbocycles. The van der Waals surface area contributed by atoms with E-state index in [-0.39, 0.29) is 5.97 Å². The van der Waals surface area contributed by atoms with E-state index in [1.807, 2.05) is 31.2 Å². The summed E-state index contributed by atoms with van der Waals surface area (Å²) in [6.07, 6.45) is 0. The van der Waals surface area contributed by atoms with Gasteiger partial charge < -0.3 is 9.47 Å². The largest absolute Gasteiger partial charge is 0.497 e. The molecule has 2 aromatic rings. The molecule has 1 heterocycles. The Balaban J connectivity index is 2.45. The number of carbonyl (C=O) groups is 1. The monoisotopic (exact) mass is 263 g/mol. The number of hydrogen-bond acceptors (Lipinski definition) is 5. The second-order valence-corrected chi connectivity index (χ2v) is 4.83. The minimum absolute atomic E-state index is 0.355. The molecule has 0 spiro atoms. The Labute approximate surface area is 109 Å². The normalized spacial score (nSPS) is 10.2. The van der Waals surface area contributed by atoms with Crippen molar-refractivity contribution in [1.82, 2.24) is 4.98 Å². The van der Waals surface area contributed by atoms with E-state index in [0.29, 0.717) is 10.6 Å². The van der Waals surface area contributed by atoms with Crippen LogP contribution in [0.1, 0.15) is 14.7 Å². The van der Waals surface area contributed by atoms with Gasteiger partial charge in [-0.25, -0.2) is 9.78 Å². The summed E-state index contributed by atoms with van der Waals surface area (Å²) in [6.45, 7) is 1.87. The van der Waals surface area contributed by atoms with E-state index in [9.17, 15) is 4.79 Å². The van der Waals surface area contributed by atoms with Crippen LogP contribution in [0, 0.1) is 6.92 Å². The molecule has 0 aliphatic heterocycles. The van der Waals surface area contributed by atoms with Gasteiger partial charge in [0, 0.05) is 5.56 Å². The summed E-state index contributed by atoms with van der Waals surface area (Å²) in [5.41, 5.74) is 1.53. The van der Waals surface area contributed by atoms with E-state index >= 15 is 0 Å². The molecule has 0 amide bonds. The van der Waals surface area contributed by atoms with E-state index in [1.165, 1.54) is 18.4 Å². The smallest absolute Gasteiger partial charge is 0.350 e. The molecule has 0 aliphatic rings. The van der Waals surface area contributed by atoms with Crippen LogP contribution in [0.3, 0.4) is 0 Å². The molecule has 0 fully saturated rings. The molecule has 1 aromatic heterocycles. The van der Waals surface area contributed by atoms with Crippen molar-refractivity contribution in [2.45, 2.75) is 6.92 Å². The lowest BCUT2D eigenvalue weighted by molar-refractivity contribution is 0.0607. The highest BCUT2D eigenvalue weighted by Gasteiger charge is 2.18. The van der Waals surface area contributed by atoms with E-state index < -0.39 is 0 Å². The zero-order valence-electron chi connectivity index (χ0n) is 10.4. The number of nitrogens with zero attached hydrogens (tertiary/aromatic N) is 1. The number of ether oxygens (including phenoxy) is 2. The zero-order valence-corrected chi connectivity index (χ0v) is 11.2. The van der Waals surface area contributed by atoms with Gasteiger partial charge in [0.05, 0.1) is 24.9 Å². The van der Waals surface area contributed by atoms with Crippen LogP contribution in [0.4, 0.5) is 0 Å². The molecule has 2 rings (SSSR count). The van der Waals surface area contributed by atoms with Crippen LogP contribution in [0.15, 0.2) is 24.3 Å². The van der Waals surface area contributed by atoms with Crippen LogP contribution >= 0.6 is 11.3 Å². The molecule has 0 unspecified atom stereocenters. The Bertz CT molecular complexity index is 560. The van der Waals surface area contributed by atoms with Crippen LogP contribution < -0.4 is 4.74 Å². The third kappa shape index (κ3) is 2.36. The molecular weight excluding hydrogens is 250 g/mol. The molecule has 4 nitrogen and oxygen atoms in total. The molecular formula is C13H13NO3S. The van der Waals surface area contributed by atoms with Crippen LogP contribution in [-0.4, -0.2) is 25.2 Å². The molecule has 1 aromatic carbocycles. The van der Waals surface area contributed by atoms with Crippen molar-refractivity contribution in [2.75, 3.05) is 14.2 Å². The highest BCUT2D eigenvalue weighted by molar-refractivity contribution is 7.14. The quantitative estimate of drug-likeness (QED) is 0.799. The predicted molar refractivity (Wildman–Crippen MR) is 70.2 cm³/mol. The van der Waals surface area contributed by atoms with E-state index in [2.05, 4.69) is 4.98 Å². The first-order chi connectivity index (χ1) is 8.65. The second kappa shape index (κ2) is 5.18. The van der Waals surface area contributed by atoms with Crippen molar-refractivity contribution < 1.29 is 14.3 Å². The maximum absolute atomic E-state index is 11.7. The zero-order chi connectivity index (χ0) is 13.1. The van der Waals surface area contributed by atoms with Gasteiger partial charge in [-0.2, -0.15) is 0 Å². The lowest BCUT2D eigenvalue weighted by Gasteiger charge is -2.03. The number of methoxy groups -OCH3 is 2. The number of carbonyl (C=O) groups excluding carboxylic acids is 1. The number of hydrogen-bond donors (Lipinski definition) is 0. The molecule has 0 bridgehead atoms. The van der Waals surface area contributed by atoms with Crippen molar-refractivity contribution in [3.8, 4) is 17.0 Å². The SMILES string of the molecule is COC(=O)c1sc(C)nc1-c1ccc(OC)cc1. The Morgan fingerprint density at radius 3 is 2.44 bits per heavy atom. The van der Waals surface area contributed by atoms with Gasteiger partial charge in [-0.3, -0.25) is 0 Å². The maximum Gasteiger partial charge on any atom is 0.350 e. The number of aryl methyl sites for hydroxylation is 1. The van der Waals surface area contributed by atoms with E-state index in [1.54, 1.807) is 7.11 Å². The Kier molecular flexibility index (Phi) is 3.62. The van der Waals surface area contributed by atoms with Gasteiger partial charge in [0.1, 0.15) is 10.6 Å². The maximum atomic E-state index is 11.7. The summed E-state index contributed by atoms with van der Waals surface area (Å²) in [5.74, 6) is 0.414. The summed E-state index contributed by atoms with van der Waals surface area (Å²) >= 11 is 1.33. The lowest BCUT2D eigenvalue weighted by atomic mass is 10.1. The fourth-order valence-corrected chi connectivity index (χ4v) is 2.46. The summed E-state index contributed by atoms with van der Waals surface area (Å²) in [5, 5.41) is 0.834. The molecule has 18 heavy (non-hydrogen) atoms. The first-order valence-electron chi connectivity index (χ1n) is 5.36. The standard InChI is InChI=1S/C13H13NO3S/c1-8-14-11(12(18-8)13(15)17-3)9-4-6-10(16-2)7-5-9/h4-7H,1-3H3. The average molecular weight is 263 g/mol. The molecule has 94 valence electrons. The van der Waals surface area contributed by atoms with Gasteiger partial charge in [-0.15, -0.1) is 11.3 Å². The highest BCUT2D eigenvalue weighted by Crippen LogP contribution is 2.29. The van der Waals surface area contributed by atoms with Crippen molar-refractivity contribution in [2.24, 2.45) is 0 Å². The molecule has 5 heteroatoms. The fourth-order valence-electron chi connectivity index (χ4n) is 1.60. The summed E-state index contributed by atoms with van der Waals surface area (Å²) in [4.78, 5) is 16.6. The minimum atomic E-state index is -0.355. The van der Waals surface area contributed by atoms with Crippen molar-refractivity contribution >= 4 is 17.3 Å². The van der Waals surface area contributed by atoms with Crippen molar-refractivity contribution in [1.29, 1.82) is 0 Å². The number of thiazole rings is 1. The molecule has 0 N–H and O–H groups in total. The van der Waals surface area contributed by atoms with Crippen LogP contribution in [-0.2, 0) is 4.74 Å². The number of rotatable bonds is 3. The van der Waals surface area contributed by atoms with Crippen LogP contribution in [0.5, 0.6) is 5.75 Å². The van der Waals surface area contributed by atoms with Gasteiger partial charge in [0.25, 0.3) is 0 Å². The van der Waals surface area contributed by atoms with E-state index in [4.69, 9.17) is 9.47 Å². The first kappa shape index (κ1) is 12.6. The summed E-state index contributed by atoms with van der Waals surface area (Å²) in [7, 11) is 2.98. The molecule has 0 radical (unpaired) electrons. The fraction of sp³-hybridized carbons (Fsp3) is 0.231. The number of benzene rings is 1. The van der Waals surface area contributed by atoms with Gasteiger partial charge in [0.15, 0.2) is 0 Å². The van der Waals surface area contributed by atoms with Crippen LogP contribution in [0.25, 0.3) is 11.3 Å². The Morgan fingerprint density at radius 1 is 1.22 bits per heavy atom. The van der Waals surface area contributed by atoms with Gasteiger partial charge in [0.2, 0.25) is 0 Å². The van der Waals surface area contributed by atoms with E-state index in [0.717, 1.165) is 16.3 Å². The predicted octanol–water partition coefficient (Wildman–Crippen LogP) is 2.91. The van der Waals surface area contributed by atoms with Gasteiger partial charge >= 0.3 is 5.97 Å². The topological polar surface area (TPSA) is 48.4 Å². The third-order valence-electron chi connectivity index (χ3n) is 2.47. The Hall–Kier alpha value is -1.88. The summed E-state index contributed by atoms with van der Waals surface area (Å²) < 4.78 is 9.86. The first-order valence-corrected chi connectivity index (χ1v) is 6.17. The highest BCUT2D eigenvalue weighted by atomic mass is 32.1. The van der Waals surface area contributed by atoms with Crippen molar-refractivity contribution in [3.05, 3.63) is 34.2 Å². The molecule has 0 atom stereocenters.